The topological polar surface area (TPSA) is 55.1 Å². The van der Waals surface area contributed by atoms with Crippen LogP contribution in [0.2, 0.25) is 5.15 Å². The van der Waals surface area contributed by atoms with Crippen molar-refractivity contribution in [2.24, 2.45) is 0 Å². The number of hydrogen-bond acceptors (Lipinski definition) is 3. The van der Waals surface area contributed by atoms with Gasteiger partial charge in [0.1, 0.15) is 22.5 Å². The number of fused-ring (bicyclic) bond motifs is 1. The van der Waals surface area contributed by atoms with E-state index >= 15 is 0 Å². The summed E-state index contributed by atoms with van der Waals surface area (Å²) in [6.45, 7) is 0. The van der Waals surface area contributed by atoms with E-state index in [9.17, 15) is 4.79 Å². The average Bonchev–Trinajstić information content (AvgIpc) is 3.11. The zero-order chi connectivity index (χ0) is 17.9. The fourth-order valence-corrected chi connectivity index (χ4v) is 2.95. The van der Waals surface area contributed by atoms with E-state index in [1.165, 1.54) is 6.20 Å². The molecule has 1 amide bonds. The third-order valence-corrected chi connectivity index (χ3v) is 4.35. The van der Waals surface area contributed by atoms with Gasteiger partial charge in [-0.1, -0.05) is 60.1 Å². The van der Waals surface area contributed by atoms with Crippen molar-refractivity contribution in [3.8, 4) is 0 Å². The van der Waals surface area contributed by atoms with Gasteiger partial charge in [-0.25, -0.2) is 4.98 Å². The summed E-state index contributed by atoms with van der Waals surface area (Å²) < 4.78 is 5.99. The Morgan fingerprint density at radius 2 is 1.77 bits per heavy atom. The minimum atomic E-state index is -0.410. The molecule has 2 heterocycles. The Morgan fingerprint density at radius 1 is 1.00 bits per heavy atom. The number of amides is 1. The molecule has 2 aromatic carbocycles. The molecule has 0 aliphatic rings. The minimum Gasteiger partial charge on any atom is -0.459 e. The summed E-state index contributed by atoms with van der Waals surface area (Å²) in [6, 6.07) is 22.3. The summed E-state index contributed by atoms with van der Waals surface area (Å²) in [4.78, 5) is 16.7. The second-order valence-electron chi connectivity index (χ2n) is 5.87. The number of benzene rings is 2. The Hall–Kier alpha value is -3.11. The molecule has 26 heavy (non-hydrogen) atoms. The first-order valence-electron chi connectivity index (χ1n) is 8.16. The molecular formula is C21H15ClN2O2. The molecule has 0 bridgehead atoms. The highest BCUT2D eigenvalue weighted by atomic mass is 35.5. The van der Waals surface area contributed by atoms with Gasteiger partial charge in [0, 0.05) is 11.6 Å². The molecule has 0 saturated carbocycles. The molecule has 0 spiro atoms. The van der Waals surface area contributed by atoms with Crippen molar-refractivity contribution in [1.82, 2.24) is 10.3 Å². The summed E-state index contributed by atoms with van der Waals surface area (Å²) >= 11 is 5.80. The Morgan fingerprint density at radius 3 is 2.50 bits per heavy atom. The van der Waals surface area contributed by atoms with Gasteiger partial charge in [0.15, 0.2) is 0 Å². The van der Waals surface area contributed by atoms with Crippen LogP contribution in [0.15, 0.2) is 83.4 Å². The normalized spacial score (nSPS) is 12.0. The highest BCUT2D eigenvalue weighted by Crippen LogP contribution is 2.28. The first-order valence-corrected chi connectivity index (χ1v) is 8.54. The Kier molecular flexibility index (Phi) is 4.42. The lowest BCUT2D eigenvalue weighted by Gasteiger charge is -2.17. The molecule has 4 aromatic rings. The van der Waals surface area contributed by atoms with Crippen LogP contribution < -0.4 is 5.32 Å². The molecule has 1 atom stereocenters. The number of hydrogen-bond donors (Lipinski definition) is 1. The van der Waals surface area contributed by atoms with E-state index in [4.69, 9.17) is 16.0 Å². The van der Waals surface area contributed by atoms with Gasteiger partial charge in [0.2, 0.25) is 0 Å². The number of carbonyl (C=O) groups is 1. The first kappa shape index (κ1) is 16.4. The maximum absolute atomic E-state index is 12.7. The smallest absolute Gasteiger partial charge is 0.253 e. The molecule has 0 radical (unpaired) electrons. The van der Waals surface area contributed by atoms with Crippen LogP contribution in [-0.2, 0) is 0 Å². The van der Waals surface area contributed by atoms with Gasteiger partial charge in [0.05, 0.1) is 5.56 Å². The van der Waals surface area contributed by atoms with Crippen LogP contribution in [0.1, 0.15) is 27.7 Å². The third-order valence-electron chi connectivity index (χ3n) is 4.13. The van der Waals surface area contributed by atoms with Crippen LogP contribution in [0.25, 0.3) is 11.0 Å². The summed E-state index contributed by atoms with van der Waals surface area (Å²) in [5, 5.41) is 4.37. The molecule has 0 fully saturated rings. The second-order valence-corrected chi connectivity index (χ2v) is 6.26. The number of nitrogens with one attached hydrogen (secondary N) is 1. The predicted molar refractivity (Wildman–Crippen MR) is 101 cm³/mol. The van der Waals surface area contributed by atoms with Crippen LogP contribution in [-0.4, -0.2) is 10.9 Å². The van der Waals surface area contributed by atoms with Crippen molar-refractivity contribution in [3.63, 3.8) is 0 Å². The molecule has 4 rings (SSSR count). The fraction of sp³-hybridized carbons (Fsp3) is 0.0476. The Balaban J connectivity index is 1.71. The number of carbonyl (C=O) groups excluding carboxylic acids is 1. The van der Waals surface area contributed by atoms with Gasteiger partial charge in [-0.2, -0.15) is 0 Å². The maximum atomic E-state index is 12.7. The lowest BCUT2D eigenvalue weighted by atomic mass is 10.0. The van der Waals surface area contributed by atoms with Crippen LogP contribution in [0.4, 0.5) is 0 Å². The van der Waals surface area contributed by atoms with Crippen molar-refractivity contribution in [2.45, 2.75) is 6.04 Å². The zero-order valence-corrected chi connectivity index (χ0v) is 14.5. The van der Waals surface area contributed by atoms with Gasteiger partial charge in [-0.3, -0.25) is 4.79 Å². The zero-order valence-electron chi connectivity index (χ0n) is 13.7. The van der Waals surface area contributed by atoms with Crippen molar-refractivity contribution < 1.29 is 9.21 Å². The largest absolute Gasteiger partial charge is 0.459 e. The highest BCUT2D eigenvalue weighted by Gasteiger charge is 2.21. The summed E-state index contributed by atoms with van der Waals surface area (Å²) in [5.74, 6) is 0.427. The van der Waals surface area contributed by atoms with Crippen molar-refractivity contribution >= 4 is 28.5 Å². The minimum absolute atomic E-state index is 0.247. The number of nitrogens with zero attached hydrogens (tertiary/aromatic N) is 1. The van der Waals surface area contributed by atoms with E-state index in [0.29, 0.717) is 16.5 Å². The van der Waals surface area contributed by atoms with E-state index in [-0.39, 0.29) is 5.91 Å². The van der Waals surface area contributed by atoms with Gasteiger partial charge < -0.3 is 9.73 Å². The number of halogens is 1. The van der Waals surface area contributed by atoms with E-state index in [1.807, 2.05) is 60.7 Å². The Labute approximate surface area is 155 Å². The number of rotatable bonds is 4. The van der Waals surface area contributed by atoms with Crippen LogP contribution in [0, 0.1) is 0 Å². The molecule has 0 aliphatic heterocycles. The first-order chi connectivity index (χ1) is 12.7. The quantitative estimate of drug-likeness (QED) is 0.520. The molecule has 1 unspecified atom stereocenters. The van der Waals surface area contributed by atoms with Crippen molar-refractivity contribution in [1.29, 1.82) is 0 Å². The molecule has 2 aromatic heterocycles. The molecule has 5 heteroatoms. The van der Waals surface area contributed by atoms with E-state index in [2.05, 4.69) is 10.3 Å². The molecule has 0 saturated heterocycles. The van der Waals surface area contributed by atoms with Crippen LogP contribution in [0.3, 0.4) is 0 Å². The number of para-hydroxylation sites is 1. The van der Waals surface area contributed by atoms with Gasteiger partial charge >= 0.3 is 0 Å². The highest BCUT2D eigenvalue weighted by molar-refractivity contribution is 6.29. The van der Waals surface area contributed by atoms with Crippen molar-refractivity contribution in [2.75, 3.05) is 0 Å². The fourth-order valence-electron chi connectivity index (χ4n) is 2.83. The number of furan rings is 1. The van der Waals surface area contributed by atoms with E-state index in [0.717, 1.165) is 16.5 Å². The van der Waals surface area contributed by atoms with Crippen LogP contribution in [0.5, 0.6) is 0 Å². The average molecular weight is 363 g/mol. The van der Waals surface area contributed by atoms with Gasteiger partial charge in [0.25, 0.3) is 5.91 Å². The monoisotopic (exact) mass is 362 g/mol. The lowest BCUT2D eigenvalue weighted by Crippen LogP contribution is -2.29. The SMILES string of the molecule is O=C(NC(c1ccccc1)c1cc2ccccc2o1)c1ccc(Cl)nc1. The predicted octanol–water partition coefficient (Wildman–Crippen LogP) is 5.00. The molecule has 1 N–H and O–H groups in total. The lowest BCUT2D eigenvalue weighted by molar-refractivity contribution is 0.0939. The Bertz CT molecular complexity index is 1010. The molecular weight excluding hydrogens is 348 g/mol. The van der Waals surface area contributed by atoms with Crippen LogP contribution >= 0.6 is 11.6 Å². The summed E-state index contributed by atoms with van der Waals surface area (Å²) in [5.41, 5.74) is 2.15. The van der Waals surface area contributed by atoms with E-state index in [1.54, 1.807) is 12.1 Å². The van der Waals surface area contributed by atoms with Crippen molar-refractivity contribution in [3.05, 3.63) is 101 Å². The summed E-state index contributed by atoms with van der Waals surface area (Å²) in [6.07, 6.45) is 1.46. The standard InChI is InChI=1S/C21H15ClN2O2/c22-19-11-10-16(13-23-19)21(25)24-20(14-6-2-1-3-7-14)18-12-15-8-4-5-9-17(15)26-18/h1-13,20H,(H,24,25). The number of pyridine rings is 1. The molecule has 0 aliphatic carbocycles. The molecule has 4 nitrogen and oxygen atoms in total. The van der Waals surface area contributed by atoms with E-state index < -0.39 is 6.04 Å². The maximum Gasteiger partial charge on any atom is 0.253 e. The second kappa shape index (κ2) is 7.02. The summed E-state index contributed by atoms with van der Waals surface area (Å²) in [7, 11) is 0. The van der Waals surface area contributed by atoms with Gasteiger partial charge in [-0.15, -0.1) is 0 Å². The van der Waals surface area contributed by atoms with Gasteiger partial charge in [-0.05, 0) is 29.8 Å². The third kappa shape index (κ3) is 3.32. The number of aromatic nitrogens is 1. The molecule has 128 valence electrons.